The quantitative estimate of drug-likeness (QED) is 0.586. The van der Waals surface area contributed by atoms with Crippen molar-refractivity contribution in [1.82, 2.24) is 0 Å². The lowest BCUT2D eigenvalue weighted by molar-refractivity contribution is -0.146. The summed E-state index contributed by atoms with van der Waals surface area (Å²) in [6.45, 7) is 1.55. The van der Waals surface area contributed by atoms with Gasteiger partial charge in [-0.05, 0) is 52.5 Å². The molecule has 0 amide bonds. The Balaban J connectivity index is 2.74. The average Bonchev–Trinajstić information content (AvgIpc) is 2.51. The summed E-state index contributed by atoms with van der Waals surface area (Å²) in [6.07, 6.45) is 2.17. The van der Waals surface area contributed by atoms with Crippen molar-refractivity contribution >= 4 is 55.4 Å². The summed E-state index contributed by atoms with van der Waals surface area (Å²) < 4.78 is 0.438. The zero-order chi connectivity index (χ0) is 18.1. The molecule has 0 saturated heterocycles. The second-order valence-corrected chi connectivity index (χ2v) is 7.74. The Morgan fingerprint density at radius 3 is 2.29 bits per heavy atom. The van der Waals surface area contributed by atoms with Crippen LogP contribution in [0.15, 0.2) is 46.0 Å². The summed E-state index contributed by atoms with van der Waals surface area (Å²) in [5, 5.41) is 20.7. The van der Waals surface area contributed by atoms with Crippen LogP contribution < -0.4 is 0 Å². The summed E-state index contributed by atoms with van der Waals surface area (Å²) in [5.41, 5.74) is -0.0797. The first-order valence-electron chi connectivity index (χ1n) is 7.12. The molecule has 7 heteroatoms. The van der Waals surface area contributed by atoms with Crippen LogP contribution in [0.5, 0.6) is 0 Å². The van der Waals surface area contributed by atoms with Gasteiger partial charge < -0.3 is 10.2 Å². The molecule has 1 aromatic carbocycles. The highest BCUT2D eigenvalue weighted by molar-refractivity contribution is 9.12. The summed E-state index contributed by atoms with van der Waals surface area (Å²) in [6, 6.07) is 6.59. The van der Waals surface area contributed by atoms with Crippen LogP contribution in [-0.2, 0) is 9.59 Å². The van der Waals surface area contributed by atoms with Crippen LogP contribution in [0.2, 0.25) is 5.02 Å². The minimum atomic E-state index is -1.38. The van der Waals surface area contributed by atoms with Crippen molar-refractivity contribution in [3.8, 4) is 0 Å². The minimum absolute atomic E-state index is 0.0423. The van der Waals surface area contributed by atoms with Crippen molar-refractivity contribution in [1.29, 1.82) is 0 Å². The van der Waals surface area contributed by atoms with Gasteiger partial charge in [0.15, 0.2) is 0 Å². The Morgan fingerprint density at radius 2 is 1.83 bits per heavy atom. The molecule has 24 heavy (non-hydrogen) atoms. The number of alkyl halides is 1. The molecule has 2 unspecified atom stereocenters. The fourth-order valence-corrected chi connectivity index (χ4v) is 4.23. The van der Waals surface area contributed by atoms with E-state index >= 15 is 0 Å². The van der Waals surface area contributed by atoms with E-state index in [0.717, 1.165) is 0 Å². The van der Waals surface area contributed by atoms with Gasteiger partial charge in [0.05, 0.1) is 11.0 Å². The van der Waals surface area contributed by atoms with Crippen LogP contribution >= 0.6 is 43.5 Å². The summed E-state index contributed by atoms with van der Waals surface area (Å²) >= 11 is 12.6. The third kappa shape index (κ3) is 3.46. The molecular formula is C17H15Br2ClO4. The fraction of sp³-hybridized carbons (Fsp3) is 0.294. The number of hydrogen-bond donors (Lipinski definition) is 2. The highest BCUT2D eigenvalue weighted by Gasteiger charge is 2.48. The Hall–Kier alpha value is -1.11. The van der Waals surface area contributed by atoms with Gasteiger partial charge in [-0.3, -0.25) is 4.79 Å². The Bertz CT molecular complexity index is 739. The van der Waals surface area contributed by atoms with E-state index in [1.54, 1.807) is 37.3 Å². The summed E-state index contributed by atoms with van der Waals surface area (Å²) in [4.78, 5) is 24.0. The second kappa shape index (κ2) is 7.42. The van der Waals surface area contributed by atoms with E-state index in [0.29, 0.717) is 32.4 Å². The molecule has 0 heterocycles. The van der Waals surface area contributed by atoms with Gasteiger partial charge in [0.1, 0.15) is 0 Å². The average molecular weight is 479 g/mol. The van der Waals surface area contributed by atoms with Crippen molar-refractivity contribution < 1.29 is 19.8 Å². The molecule has 0 fully saturated rings. The Labute approximate surface area is 161 Å². The molecule has 0 bridgehead atoms. The number of allylic oxidation sites excluding steroid dienone is 2. The number of benzene rings is 1. The van der Waals surface area contributed by atoms with E-state index < -0.39 is 23.3 Å². The van der Waals surface area contributed by atoms with Crippen LogP contribution in [0.4, 0.5) is 0 Å². The summed E-state index contributed by atoms with van der Waals surface area (Å²) in [5.74, 6) is -3.05. The van der Waals surface area contributed by atoms with Crippen LogP contribution in [0, 0.1) is 5.41 Å². The molecule has 0 spiro atoms. The van der Waals surface area contributed by atoms with E-state index in [9.17, 15) is 19.8 Å². The monoisotopic (exact) mass is 476 g/mol. The van der Waals surface area contributed by atoms with Gasteiger partial charge in [0.25, 0.3) is 0 Å². The number of halogens is 3. The van der Waals surface area contributed by atoms with Crippen molar-refractivity contribution in [2.75, 3.05) is 5.33 Å². The normalized spacial score (nSPS) is 23.8. The topological polar surface area (TPSA) is 74.6 Å². The zero-order valence-electron chi connectivity index (χ0n) is 12.7. The van der Waals surface area contributed by atoms with Crippen molar-refractivity contribution in [2.45, 2.75) is 19.3 Å². The van der Waals surface area contributed by atoms with Gasteiger partial charge in [0.2, 0.25) is 0 Å². The van der Waals surface area contributed by atoms with Gasteiger partial charge in [-0.1, -0.05) is 45.7 Å². The lowest BCUT2D eigenvalue weighted by atomic mass is 9.65. The lowest BCUT2D eigenvalue weighted by Gasteiger charge is -2.37. The standard InChI is InChI=1S/C17H15Br2ClO4/c1-17(16(23)24)8-10(6-7-18)14(19)12(15(21)22)13(17)9-2-4-11(20)5-3-9/h2-5,8,13H,6-7H2,1H3,(H,21,22)(H,23,24). The van der Waals surface area contributed by atoms with Crippen LogP contribution in [-0.4, -0.2) is 27.5 Å². The highest BCUT2D eigenvalue weighted by atomic mass is 79.9. The number of carboxylic acid groups (broad SMARTS) is 2. The van der Waals surface area contributed by atoms with E-state index in [1.807, 2.05) is 0 Å². The molecule has 1 aliphatic rings. The maximum atomic E-state index is 12.0. The van der Waals surface area contributed by atoms with Gasteiger partial charge >= 0.3 is 11.9 Å². The van der Waals surface area contributed by atoms with E-state index in [2.05, 4.69) is 31.9 Å². The second-order valence-electron chi connectivity index (χ2n) is 5.71. The highest BCUT2D eigenvalue weighted by Crippen LogP contribution is 2.51. The van der Waals surface area contributed by atoms with Crippen LogP contribution in [0.3, 0.4) is 0 Å². The van der Waals surface area contributed by atoms with Crippen LogP contribution in [0.25, 0.3) is 0 Å². The van der Waals surface area contributed by atoms with Gasteiger partial charge in [-0.2, -0.15) is 0 Å². The predicted octanol–water partition coefficient (Wildman–Crippen LogP) is 4.97. The Morgan fingerprint density at radius 1 is 1.25 bits per heavy atom. The molecular weight excluding hydrogens is 463 g/mol. The number of carboxylic acids is 2. The van der Waals surface area contributed by atoms with E-state index in [1.165, 1.54) is 0 Å². The molecule has 128 valence electrons. The number of hydrogen-bond acceptors (Lipinski definition) is 2. The number of rotatable bonds is 5. The summed E-state index contributed by atoms with van der Waals surface area (Å²) in [7, 11) is 0. The molecule has 2 N–H and O–H groups in total. The largest absolute Gasteiger partial charge is 0.481 e. The fourth-order valence-electron chi connectivity index (χ4n) is 2.96. The SMILES string of the molecule is CC1(C(=O)O)C=C(CCBr)C(Br)=C(C(=O)O)C1c1ccc(Cl)cc1. The van der Waals surface area contributed by atoms with Crippen molar-refractivity contribution in [2.24, 2.45) is 5.41 Å². The molecule has 0 aromatic heterocycles. The first-order chi connectivity index (χ1) is 11.2. The molecule has 1 aliphatic carbocycles. The van der Waals surface area contributed by atoms with Crippen LogP contribution in [0.1, 0.15) is 24.8 Å². The predicted molar refractivity (Wildman–Crippen MR) is 100 cm³/mol. The zero-order valence-corrected chi connectivity index (χ0v) is 16.7. The molecule has 0 radical (unpaired) electrons. The smallest absolute Gasteiger partial charge is 0.333 e. The lowest BCUT2D eigenvalue weighted by Crippen LogP contribution is -2.38. The van der Waals surface area contributed by atoms with Crippen molar-refractivity contribution in [3.05, 3.63) is 56.6 Å². The number of aliphatic carboxylic acids is 2. The van der Waals surface area contributed by atoms with Crippen molar-refractivity contribution in [3.63, 3.8) is 0 Å². The Kier molecular flexibility index (Phi) is 5.94. The van der Waals surface area contributed by atoms with Gasteiger partial charge in [0, 0.05) is 20.8 Å². The molecule has 1 aromatic rings. The van der Waals surface area contributed by atoms with E-state index in [4.69, 9.17) is 11.6 Å². The molecule has 0 saturated carbocycles. The molecule has 2 atom stereocenters. The number of carbonyl (C=O) groups is 2. The van der Waals surface area contributed by atoms with Gasteiger partial charge in [-0.25, -0.2) is 4.79 Å². The first-order valence-corrected chi connectivity index (χ1v) is 9.41. The maximum absolute atomic E-state index is 12.0. The minimum Gasteiger partial charge on any atom is -0.481 e. The molecule has 2 rings (SSSR count). The third-order valence-corrected chi connectivity index (χ3v) is 5.72. The molecule has 0 aliphatic heterocycles. The maximum Gasteiger partial charge on any atom is 0.333 e. The third-order valence-electron chi connectivity index (χ3n) is 4.14. The van der Waals surface area contributed by atoms with Gasteiger partial charge in [-0.15, -0.1) is 0 Å². The first kappa shape index (κ1) is 19.2. The van der Waals surface area contributed by atoms with E-state index in [-0.39, 0.29) is 5.57 Å². The molecule has 4 nitrogen and oxygen atoms in total.